The molecule has 0 spiro atoms. The van der Waals surface area contributed by atoms with Crippen LogP contribution in [-0.4, -0.2) is 36.5 Å². The van der Waals surface area contributed by atoms with Crippen LogP contribution in [0.3, 0.4) is 0 Å². The summed E-state index contributed by atoms with van der Waals surface area (Å²) in [7, 11) is 2.01. The molecule has 1 rings (SSSR count). The van der Waals surface area contributed by atoms with E-state index in [-0.39, 0.29) is 5.54 Å². The normalized spacial score (nSPS) is 19.8. The fourth-order valence-corrected chi connectivity index (χ4v) is 2.18. The average Bonchev–Trinajstić information content (AvgIpc) is 2.30. The van der Waals surface area contributed by atoms with Gasteiger partial charge in [0.15, 0.2) is 0 Å². The number of carbonyl (C=O) groups excluding carboxylic acids is 1. The van der Waals surface area contributed by atoms with Crippen LogP contribution in [0, 0.1) is 0 Å². The van der Waals surface area contributed by atoms with Crippen molar-refractivity contribution in [2.45, 2.75) is 57.9 Å². The summed E-state index contributed by atoms with van der Waals surface area (Å²) in [6.07, 6.45) is 6.30. The molecule has 1 saturated heterocycles. The van der Waals surface area contributed by atoms with Crippen LogP contribution in [0.15, 0.2) is 0 Å². The van der Waals surface area contributed by atoms with Crippen molar-refractivity contribution in [3.05, 3.63) is 0 Å². The van der Waals surface area contributed by atoms with E-state index in [0.717, 1.165) is 38.8 Å². The Labute approximate surface area is 99.6 Å². The van der Waals surface area contributed by atoms with E-state index in [0.29, 0.717) is 5.91 Å². The van der Waals surface area contributed by atoms with Crippen LogP contribution in [0.25, 0.3) is 0 Å². The Kier molecular flexibility index (Phi) is 5.26. The molecule has 0 aromatic rings. The predicted molar refractivity (Wildman–Crippen MR) is 67.4 cm³/mol. The van der Waals surface area contributed by atoms with Crippen LogP contribution in [0.1, 0.15) is 52.4 Å². The van der Waals surface area contributed by atoms with Crippen molar-refractivity contribution in [3.8, 4) is 0 Å². The first-order chi connectivity index (χ1) is 7.61. The van der Waals surface area contributed by atoms with E-state index >= 15 is 0 Å². The fraction of sp³-hybridized carbons (Fsp3) is 0.923. The third kappa shape index (κ3) is 3.78. The molecular formula is C13H26N2O. The van der Waals surface area contributed by atoms with Gasteiger partial charge in [-0.15, -0.1) is 0 Å². The second-order valence-electron chi connectivity index (χ2n) is 5.15. The molecule has 1 amide bonds. The van der Waals surface area contributed by atoms with E-state index < -0.39 is 0 Å². The third-order valence-electron chi connectivity index (χ3n) is 3.82. The number of hydrogen-bond donors (Lipinski definition) is 1. The molecule has 0 unspecified atom stereocenters. The van der Waals surface area contributed by atoms with Crippen molar-refractivity contribution >= 4 is 5.91 Å². The number of nitrogens with zero attached hydrogens (tertiary/aromatic N) is 1. The SMILES string of the molecule is CCCCCC(=O)N1CCC(C)(NC)CC1. The van der Waals surface area contributed by atoms with Gasteiger partial charge in [0.05, 0.1) is 0 Å². The number of hydrogen-bond acceptors (Lipinski definition) is 2. The molecule has 16 heavy (non-hydrogen) atoms. The van der Waals surface area contributed by atoms with Crippen LogP contribution in [0.2, 0.25) is 0 Å². The summed E-state index contributed by atoms with van der Waals surface area (Å²) in [5, 5.41) is 3.35. The number of carbonyl (C=O) groups is 1. The molecule has 0 radical (unpaired) electrons. The van der Waals surface area contributed by atoms with Crippen molar-refractivity contribution in [1.82, 2.24) is 10.2 Å². The molecule has 3 heteroatoms. The van der Waals surface area contributed by atoms with Crippen LogP contribution in [0.5, 0.6) is 0 Å². The summed E-state index contributed by atoms with van der Waals surface area (Å²) in [4.78, 5) is 13.9. The molecular weight excluding hydrogens is 200 g/mol. The van der Waals surface area contributed by atoms with Gasteiger partial charge < -0.3 is 10.2 Å². The minimum Gasteiger partial charge on any atom is -0.343 e. The lowest BCUT2D eigenvalue weighted by molar-refractivity contribution is -0.132. The number of likely N-dealkylation sites (tertiary alicyclic amines) is 1. The molecule has 1 heterocycles. The average molecular weight is 226 g/mol. The third-order valence-corrected chi connectivity index (χ3v) is 3.82. The second-order valence-corrected chi connectivity index (χ2v) is 5.15. The highest BCUT2D eigenvalue weighted by Crippen LogP contribution is 2.21. The van der Waals surface area contributed by atoms with E-state index in [4.69, 9.17) is 0 Å². The maximum Gasteiger partial charge on any atom is 0.222 e. The van der Waals surface area contributed by atoms with E-state index in [2.05, 4.69) is 19.2 Å². The van der Waals surface area contributed by atoms with Gasteiger partial charge >= 0.3 is 0 Å². The van der Waals surface area contributed by atoms with Gasteiger partial charge in [0, 0.05) is 25.0 Å². The van der Waals surface area contributed by atoms with Crippen LogP contribution in [0.4, 0.5) is 0 Å². The summed E-state index contributed by atoms with van der Waals surface area (Å²) in [5.74, 6) is 0.353. The first-order valence-electron chi connectivity index (χ1n) is 6.58. The van der Waals surface area contributed by atoms with E-state index in [9.17, 15) is 4.79 Å². The molecule has 1 N–H and O–H groups in total. The Morgan fingerprint density at radius 1 is 1.31 bits per heavy atom. The smallest absolute Gasteiger partial charge is 0.222 e. The minimum atomic E-state index is 0.236. The molecule has 3 nitrogen and oxygen atoms in total. The molecule has 1 aliphatic heterocycles. The number of nitrogens with one attached hydrogen (secondary N) is 1. The molecule has 1 aliphatic rings. The molecule has 0 atom stereocenters. The zero-order valence-corrected chi connectivity index (χ0v) is 11.0. The quantitative estimate of drug-likeness (QED) is 0.729. The maximum atomic E-state index is 11.9. The largest absolute Gasteiger partial charge is 0.343 e. The van der Waals surface area contributed by atoms with Crippen LogP contribution < -0.4 is 5.32 Å². The highest BCUT2D eigenvalue weighted by Gasteiger charge is 2.29. The molecule has 94 valence electrons. The lowest BCUT2D eigenvalue weighted by Crippen LogP contribution is -2.51. The molecule has 0 saturated carbocycles. The monoisotopic (exact) mass is 226 g/mol. The summed E-state index contributed by atoms with van der Waals surface area (Å²) in [6, 6.07) is 0. The number of rotatable bonds is 5. The minimum absolute atomic E-state index is 0.236. The van der Waals surface area contributed by atoms with Gasteiger partial charge in [-0.25, -0.2) is 0 Å². The van der Waals surface area contributed by atoms with E-state index in [1.54, 1.807) is 0 Å². The fourth-order valence-electron chi connectivity index (χ4n) is 2.18. The predicted octanol–water partition coefficient (Wildman–Crippen LogP) is 2.17. The standard InChI is InChI=1S/C13H26N2O/c1-4-5-6-7-12(16)15-10-8-13(2,14-3)9-11-15/h14H,4-11H2,1-3H3. The second kappa shape index (κ2) is 6.24. The van der Waals surface area contributed by atoms with Gasteiger partial charge in [0.2, 0.25) is 5.91 Å². The Hall–Kier alpha value is -0.570. The van der Waals surface area contributed by atoms with Gasteiger partial charge in [0.25, 0.3) is 0 Å². The van der Waals surface area contributed by atoms with Crippen molar-refractivity contribution < 1.29 is 4.79 Å². The first kappa shape index (κ1) is 13.5. The highest BCUT2D eigenvalue weighted by atomic mass is 16.2. The Morgan fingerprint density at radius 3 is 2.44 bits per heavy atom. The van der Waals surface area contributed by atoms with Crippen molar-refractivity contribution in [2.24, 2.45) is 0 Å². The number of unbranched alkanes of at least 4 members (excludes halogenated alkanes) is 2. The zero-order valence-electron chi connectivity index (χ0n) is 11.0. The van der Waals surface area contributed by atoms with Gasteiger partial charge in [-0.3, -0.25) is 4.79 Å². The summed E-state index contributed by atoms with van der Waals surface area (Å²) in [6.45, 7) is 6.25. The summed E-state index contributed by atoms with van der Waals surface area (Å²) >= 11 is 0. The van der Waals surface area contributed by atoms with E-state index in [1.807, 2.05) is 11.9 Å². The first-order valence-corrected chi connectivity index (χ1v) is 6.58. The number of piperidine rings is 1. The van der Waals surface area contributed by atoms with Gasteiger partial charge in [0.1, 0.15) is 0 Å². The molecule has 0 bridgehead atoms. The summed E-state index contributed by atoms with van der Waals surface area (Å²) in [5.41, 5.74) is 0.236. The van der Waals surface area contributed by atoms with Crippen LogP contribution >= 0.6 is 0 Å². The van der Waals surface area contributed by atoms with Gasteiger partial charge in [-0.1, -0.05) is 19.8 Å². The van der Waals surface area contributed by atoms with Crippen molar-refractivity contribution in [3.63, 3.8) is 0 Å². The zero-order chi connectivity index (χ0) is 12.0. The Morgan fingerprint density at radius 2 is 1.94 bits per heavy atom. The number of amides is 1. The van der Waals surface area contributed by atoms with Crippen LogP contribution in [-0.2, 0) is 4.79 Å². The lowest BCUT2D eigenvalue weighted by atomic mass is 9.90. The topological polar surface area (TPSA) is 32.3 Å². The molecule has 0 aliphatic carbocycles. The molecule has 0 aromatic carbocycles. The Balaban J connectivity index is 2.27. The maximum absolute atomic E-state index is 11.9. The summed E-state index contributed by atoms with van der Waals surface area (Å²) < 4.78 is 0. The van der Waals surface area contributed by atoms with Crippen molar-refractivity contribution in [2.75, 3.05) is 20.1 Å². The molecule has 1 fully saturated rings. The van der Waals surface area contributed by atoms with E-state index in [1.165, 1.54) is 12.8 Å². The Bertz CT molecular complexity index is 220. The van der Waals surface area contributed by atoms with Crippen molar-refractivity contribution in [1.29, 1.82) is 0 Å². The lowest BCUT2D eigenvalue weighted by Gasteiger charge is -2.39. The van der Waals surface area contributed by atoms with Gasteiger partial charge in [-0.05, 0) is 33.2 Å². The highest BCUT2D eigenvalue weighted by molar-refractivity contribution is 5.76. The molecule has 0 aromatic heterocycles. The van der Waals surface area contributed by atoms with Gasteiger partial charge in [-0.2, -0.15) is 0 Å².